The smallest absolute Gasteiger partial charge is 0.0976 e. The van der Waals surface area contributed by atoms with Crippen LogP contribution in [0.5, 0.6) is 0 Å². The molecule has 0 spiro atoms. The molecule has 0 radical (unpaired) electrons. The minimum atomic E-state index is 0.374. The quantitative estimate of drug-likeness (QED) is 0.255. The van der Waals surface area contributed by atoms with Crippen LogP contribution in [0.4, 0.5) is 0 Å². The minimum Gasteiger partial charge on any atom is -0.244 e. The van der Waals surface area contributed by atoms with Crippen LogP contribution >= 0.6 is 0 Å². The highest BCUT2D eigenvalue weighted by molar-refractivity contribution is 5.97. The molecule has 0 bridgehead atoms. The van der Waals surface area contributed by atoms with Gasteiger partial charge in [0.1, 0.15) is 0 Å². The zero-order chi connectivity index (χ0) is 23.6. The van der Waals surface area contributed by atoms with E-state index in [2.05, 4.69) is 104 Å². The van der Waals surface area contributed by atoms with Gasteiger partial charge in [-0.3, -0.25) is 0 Å². The van der Waals surface area contributed by atoms with Gasteiger partial charge in [-0.2, -0.15) is 0 Å². The van der Waals surface area contributed by atoms with Crippen LogP contribution in [0.1, 0.15) is 36.3 Å². The van der Waals surface area contributed by atoms with Gasteiger partial charge in [-0.25, -0.2) is 9.97 Å². The van der Waals surface area contributed by atoms with Gasteiger partial charge in [0.2, 0.25) is 0 Å². The molecule has 1 aromatic heterocycles. The van der Waals surface area contributed by atoms with Crippen molar-refractivity contribution in [3.8, 4) is 33.6 Å². The number of rotatable bonds is 4. The summed E-state index contributed by atoms with van der Waals surface area (Å²) < 4.78 is 0. The van der Waals surface area contributed by atoms with Crippen LogP contribution in [0, 0.1) is 6.92 Å². The van der Waals surface area contributed by atoms with E-state index in [0.29, 0.717) is 5.92 Å². The van der Waals surface area contributed by atoms with Crippen LogP contribution in [0.3, 0.4) is 0 Å². The topological polar surface area (TPSA) is 25.8 Å². The largest absolute Gasteiger partial charge is 0.244 e. The fourth-order valence-electron chi connectivity index (χ4n) is 5.09. The third-order valence-electron chi connectivity index (χ3n) is 6.96. The highest BCUT2D eigenvalue weighted by Crippen LogP contribution is 2.39. The van der Waals surface area contributed by atoms with E-state index in [1.165, 1.54) is 23.1 Å². The van der Waals surface area contributed by atoms with Crippen molar-refractivity contribution in [1.29, 1.82) is 0 Å². The third kappa shape index (κ3) is 4.17. The molecule has 1 aliphatic rings. The van der Waals surface area contributed by atoms with Gasteiger partial charge in [-0.1, -0.05) is 115 Å². The summed E-state index contributed by atoms with van der Waals surface area (Å²) in [5.74, 6) is 0.374. The maximum absolute atomic E-state index is 5.40. The molecule has 0 fully saturated rings. The normalized spacial score (nSPS) is 15.4. The van der Waals surface area contributed by atoms with E-state index in [9.17, 15) is 0 Å². The number of hydrogen-bond acceptors (Lipinski definition) is 2. The van der Waals surface area contributed by atoms with Crippen molar-refractivity contribution < 1.29 is 0 Å². The molecule has 1 aliphatic carbocycles. The van der Waals surface area contributed by atoms with E-state index in [0.717, 1.165) is 52.0 Å². The van der Waals surface area contributed by atoms with Crippen LogP contribution in [0.25, 0.3) is 44.7 Å². The fraction of sp³-hybridized carbons (Fsp3) is 0.152. The van der Waals surface area contributed by atoms with Crippen LogP contribution in [-0.2, 0) is 0 Å². The third-order valence-corrected chi connectivity index (χ3v) is 6.96. The predicted octanol–water partition coefficient (Wildman–Crippen LogP) is 8.76. The van der Waals surface area contributed by atoms with Gasteiger partial charge >= 0.3 is 0 Å². The Bertz CT molecular complexity index is 1500. The van der Waals surface area contributed by atoms with Crippen LogP contribution in [0.2, 0.25) is 0 Å². The lowest BCUT2D eigenvalue weighted by Gasteiger charge is -2.21. The van der Waals surface area contributed by atoms with Crippen LogP contribution in [0.15, 0.2) is 109 Å². The minimum absolute atomic E-state index is 0.374. The first-order valence-electron chi connectivity index (χ1n) is 12.5. The number of nitrogens with zero attached hydrogens (tertiary/aromatic N) is 2. The predicted molar refractivity (Wildman–Crippen MR) is 146 cm³/mol. The van der Waals surface area contributed by atoms with Crippen molar-refractivity contribution in [2.45, 2.75) is 32.1 Å². The van der Waals surface area contributed by atoms with E-state index >= 15 is 0 Å². The second kappa shape index (κ2) is 9.31. The van der Waals surface area contributed by atoms with Gasteiger partial charge < -0.3 is 0 Å². The molecule has 0 amide bonds. The Morgan fingerprint density at radius 2 is 1.26 bits per heavy atom. The van der Waals surface area contributed by atoms with Crippen molar-refractivity contribution >= 4 is 11.0 Å². The number of aryl methyl sites for hydroxylation is 1. The molecule has 0 N–H and O–H groups in total. The second-order valence-electron chi connectivity index (χ2n) is 9.38. The van der Waals surface area contributed by atoms with E-state index in [-0.39, 0.29) is 0 Å². The Kier molecular flexibility index (Phi) is 5.71. The molecule has 35 heavy (non-hydrogen) atoms. The molecule has 1 heterocycles. The van der Waals surface area contributed by atoms with E-state index in [4.69, 9.17) is 9.97 Å². The second-order valence-corrected chi connectivity index (χ2v) is 9.38. The summed E-state index contributed by atoms with van der Waals surface area (Å²) >= 11 is 0. The molecule has 4 aromatic carbocycles. The van der Waals surface area contributed by atoms with Crippen molar-refractivity contribution in [1.82, 2.24) is 9.97 Å². The fourth-order valence-corrected chi connectivity index (χ4v) is 5.09. The van der Waals surface area contributed by atoms with E-state index < -0.39 is 0 Å². The first-order valence-corrected chi connectivity index (χ1v) is 12.5. The summed E-state index contributed by atoms with van der Waals surface area (Å²) in [4.78, 5) is 10.8. The summed E-state index contributed by atoms with van der Waals surface area (Å²) in [6.07, 6.45) is 8.20. The lowest BCUT2D eigenvalue weighted by Crippen LogP contribution is -2.04. The molecule has 5 aromatic rings. The lowest BCUT2D eigenvalue weighted by atomic mass is 9.87. The first kappa shape index (κ1) is 21.5. The summed E-state index contributed by atoms with van der Waals surface area (Å²) in [6.45, 7) is 2.12. The van der Waals surface area contributed by atoms with Crippen molar-refractivity contribution in [3.63, 3.8) is 0 Å². The van der Waals surface area contributed by atoms with Gasteiger partial charge in [0.05, 0.1) is 22.4 Å². The molecule has 0 aliphatic heterocycles. The standard InChI is InChI=1S/C33H28N2/c1-23-17-19-25(20-18-23)29-22-21-28(24-11-5-2-6-12-24)32-33(29)35-31(27-15-9-4-10-16-27)30(34-32)26-13-7-3-8-14-26/h3-5,7-11,13-22,24H,2,6,12H2,1H3. The van der Waals surface area contributed by atoms with Gasteiger partial charge in [0.15, 0.2) is 0 Å². The Morgan fingerprint density at radius 3 is 1.86 bits per heavy atom. The average molecular weight is 453 g/mol. The zero-order valence-electron chi connectivity index (χ0n) is 20.0. The zero-order valence-corrected chi connectivity index (χ0v) is 20.0. The van der Waals surface area contributed by atoms with Gasteiger partial charge in [0, 0.05) is 22.6 Å². The van der Waals surface area contributed by atoms with Crippen LogP contribution in [-0.4, -0.2) is 9.97 Å². The lowest BCUT2D eigenvalue weighted by molar-refractivity contribution is 0.657. The summed E-state index contributed by atoms with van der Waals surface area (Å²) in [7, 11) is 0. The molecule has 0 saturated carbocycles. The van der Waals surface area contributed by atoms with Gasteiger partial charge in [-0.15, -0.1) is 0 Å². The molecule has 1 atom stereocenters. The molecular formula is C33H28N2. The maximum atomic E-state index is 5.40. The number of benzene rings is 4. The van der Waals surface area contributed by atoms with E-state index in [1.54, 1.807) is 0 Å². The van der Waals surface area contributed by atoms with E-state index in [1.807, 2.05) is 12.1 Å². The maximum Gasteiger partial charge on any atom is 0.0976 e. The average Bonchev–Trinajstić information content (AvgIpc) is 2.94. The van der Waals surface area contributed by atoms with Gasteiger partial charge in [-0.05, 0) is 37.3 Å². The Balaban J connectivity index is 1.69. The molecule has 1 unspecified atom stereocenters. The van der Waals surface area contributed by atoms with Crippen molar-refractivity contribution in [3.05, 3.63) is 120 Å². The summed E-state index contributed by atoms with van der Waals surface area (Å²) in [6, 6.07) is 34.2. The Morgan fingerprint density at radius 1 is 0.629 bits per heavy atom. The highest BCUT2D eigenvalue weighted by Gasteiger charge is 2.21. The molecule has 6 rings (SSSR count). The molecule has 2 nitrogen and oxygen atoms in total. The first-order chi connectivity index (χ1) is 17.3. The van der Waals surface area contributed by atoms with Crippen LogP contribution < -0.4 is 0 Å². The SMILES string of the molecule is Cc1ccc(-c2ccc(C3C=CCCC3)c3nc(-c4ccccc4)c(-c4ccccc4)nc23)cc1. The van der Waals surface area contributed by atoms with Crippen molar-refractivity contribution in [2.24, 2.45) is 0 Å². The van der Waals surface area contributed by atoms with Crippen molar-refractivity contribution in [2.75, 3.05) is 0 Å². The molecule has 0 saturated heterocycles. The molecule has 2 heteroatoms. The number of allylic oxidation sites excluding steroid dienone is 2. The summed E-state index contributed by atoms with van der Waals surface area (Å²) in [5, 5.41) is 0. The summed E-state index contributed by atoms with van der Waals surface area (Å²) in [5.41, 5.74) is 10.9. The Labute approximate surface area is 207 Å². The number of fused-ring (bicyclic) bond motifs is 1. The molecular weight excluding hydrogens is 424 g/mol. The molecule has 170 valence electrons. The highest BCUT2D eigenvalue weighted by atomic mass is 14.8. The number of hydrogen-bond donors (Lipinski definition) is 0. The van der Waals surface area contributed by atoms with Gasteiger partial charge in [0.25, 0.3) is 0 Å². The number of aromatic nitrogens is 2. The Hall–Kier alpha value is -4.04. The monoisotopic (exact) mass is 452 g/mol.